The SMILES string of the molecule is CCN(Cc1cn(CC2CCCCC2)c2ccccc12)CC1CCNCC1. The fourth-order valence-electron chi connectivity index (χ4n) is 5.22. The minimum atomic E-state index is 0.863. The van der Waals surface area contributed by atoms with Gasteiger partial charge in [-0.2, -0.15) is 0 Å². The summed E-state index contributed by atoms with van der Waals surface area (Å²) in [5.74, 6) is 1.74. The van der Waals surface area contributed by atoms with Gasteiger partial charge in [0, 0.05) is 36.7 Å². The Balaban J connectivity index is 1.50. The number of nitrogens with one attached hydrogen (secondary N) is 1. The van der Waals surface area contributed by atoms with Crippen molar-refractivity contribution in [1.82, 2.24) is 14.8 Å². The largest absolute Gasteiger partial charge is 0.347 e. The van der Waals surface area contributed by atoms with Crippen molar-refractivity contribution in [1.29, 1.82) is 0 Å². The molecule has 1 N–H and O–H groups in total. The maximum atomic E-state index is 3.50. The predicted molar refractivity (Wildman–Crippen MR) is 115 cm³/mol. The molecule has 148 valence electrons. The summed E-state index contributed by atoms with van der Waals surface area (Å²) in [5.41, 5.74) is 2.97. The summed E-state index contributed by atoms with van der Waals surface area (Å²) >= 11 is 0. The topological polar surface area (TPSA) is 20.2 Å². The standard InChI is InChI=1S/C24H37N3/c1-2-26(16-21-12-14-25-15-13-21)18-22-19-27(17-20-8-4-3-5-9-20)24-11-7-6-10-23(22)24/h6-7,10-11,19-21,25H,2-5,8-9,12-18H2,1H3. The molecule has 2 heterocycles. The van der Waals surface area contributed by atoms with E-state index >= 15 is 0 Å². The van der Waals surface area contributed by atoms with Crippen molar-refractivity contribution in [2.24, 2.45) is 11.8 Å². The Morgan fingerprint density at radius 1 is 1.00 bits per heavy atom. The van der Waals surface area contributed by atoms with Crippen LogP contribution in [0.15, 0.2) is 30.5 Å². The maximum absolute atomic E-state index is 3.50. The van der Waals surface area contributed by atoms with Gasteiger partial charge in [-0.3, -0.25) is 4.90 Å². The molecule has 2 aliphatic rings. The normalized spacial score (nSPS) is 19.9. The molecule has 1 saturated heterocycles. The van der Waals surface area contributed by atoms with Crippen LogP contribution in [0.5, 0.6) is 0 Å². The second kappa shape index (κ2) is 9.25. The molecule has 1 aromatic heterocycles. The minimum Gasteiger partial charge on any atom is -0.347 e. The Kier molecular flexibility index (Phi) is 6.51. The van der Waals surface area contributed by atoms with Gasteiger partial charge in [0.25, 0.3) is 0 Å². The third-order valence-electron chi connectivity index (χ3n) is 6.87. The Morgan fingerprint density at radius 2 is 1.78 bits per heavy atom. The molecule has 0 radical (unpaired) electrons. The zero-order chi connectivity index (χ0) is 18.5. The number of aromatic nitrogens is 1. The molecule has 1 saturated carbocycles. The van der Waals surface area contributed by atoms with Crippen molar-refractivity contribution in [3.8, 4) is 0 Å². The second-order valence-electron chi connectivity index (χ2n) is 8.85. The van der Waals surface area contributed by atoms with Crippen molar-refractivity contribution >= 4 is 10.9 Å². The third-order valence-corrected chi connectivity index (χ3v) is 6.87. The summed E-state index contributed by atoms with van der Waals surface area (Å²) < 4.78 is 2.57. The molecular formula is C24H37N3. The lowest BCUT2D eigenvalue weighted by Gasteiger charge is -2.29. The van der Waals surface area contributed by atoms with Crippen molar-refractivity contribution in [2.75, 3.05) is 26.2 Å². The maximum Gasteiger partial charge on any atom is 0.0483 e. The summed E-state index contributed by atoms with van der Waals surface area (Å²) in [5, 5.41) is 4.97. The number of fused-ring (bicyclic) bond motifs is 1. The minimum absolute atomic E-state index is 0.863. The first-order chi connectivity index (χ1) is 13.3. The molecule has 3 nitrogen and oxygen atoms in total. The Labute approximate surface area is 165 Å². The van der Waals surface area contributed by atoms with E-state index in [0.717, 1.165) is 24.9 Å². The smallest absolute Gasteiger partial charge is 0.0483 e. The van der Waals surface area contributed by atoms with Gasteiger partial charge in [0.15, 0.2) is 0 Å². The van der Waals surface area contributed by atoms with Crippen molar-refractivity contribution in [2.45, 2.75) is 65.0 Å². The van der Waals surface area contributed by atoms with Crippen LogP contribution in [0.3, 0.4) is 0 Å². The van der Waals surface area contributed by atoms with Crippen LogP contribution in [0.2, 0.25) is 0 Å². The zero-order valence-corrected chi connectivity index (χ0v) is 17.1. The molecular weight excluding hydrogens is 330 g/mol. The predicted octanol–water partition coefficient (Wildman–Crippen LogP) is 5.04. The molecule has 2 fully saturated rings. The van der Waals surface area contributed by atoms with E-state index in [1.165, 1.54) is 87.6 Å². The van der Waals surface area contributed by atoms with E-state index in [1.54, 1.807) is 0 Å². The van der Waals surface area contributed by atoms with Gasteiger partial charge >= 0.3 is 0 Å². The summed E-state index contributed by atoms with van der Waals surface area (Å²) in [4.78, 5) is 2.67. The first-order valence-electron chi connectivity index (χ1n) is 11.3. The quantitative estimate of drug-likeness (QED) is 0.739. The fourth-order valence-corrected chi connectivity index (χ4v) is 5.22. The molecule has 0 atom stereocenters. The van der Waals surface area contributed by atoms with Crippen LogP contribution >= 0.6 is 0 Å². The first kappa shape index (κ1) is 19.0. The molecule has 1 aromatic carbocycles. The Hall–Kier alpha value is -1.32. The van der Waals surface area contributed by atoms with Gasteiger partial charge < -0.3 is 9.88 Å². The average Bonchev–Trinajstić information content (AvgIpc) is 3.06. The van der Waals surface area contributed by atoms with E-state index in [1.807, 2.05) is 0 Å². The fraction of sp³-hybridized carbons (Fsp3) is 0.667. The molecule has 0 unspecified atom stereocenters. The van der Waals surface area contributed by atoms with Crippen LogP contribution in [-0.2, 0) is 13.1 Å². The van der Waals surface area contributed by atoms with Crippen LogP contribution in [-0.4, -0.2) is 35.6 Å². The number of para-hydroxylation sites is 1. The highest BCUT2D eigenvalue weighted by molar-refractivity contribution is 5.83. The van der Waals surface area contributed by atoms with Gasteiger partial charge in [-0.25, -0.2) is 0 Å². The van der Waals surface area contributed by atoms with Crippen molar-refractivity contribution < 1.29 is 0 Å². The van der Waals surface area contributed by atoms with Crippen LogP contribution in [0.4, 0.5) is 0 Å². The molecule has 0 amide bonds. The molecule has 1 aliphatic carbocycles. The van der Waals surface area contributed by atoms with Gasteiger partial charge in [0.05, 0.1) is 0 Å². The number of hydrogen-bond donors (Lipinski definition) is 1. The van der Waals surface area contributed by atoms with E-state index in [2.05, 4.69) is 52.2 Å². The summed E-state index contributed by atoms with van der Waals surface area (Å²) in [6.45, 7) is 9.42. The lowest BCUT2D eigenvalue weighted by atomic mass is 9.89. The van der Waals surface area contributed by atoms with Gasteiger partial charge in [0.1, 0.15) is 0 Å². The zero-order valence-electron chi connectivity index (χ0n) is 17.1. The van der Waals surface area contributed by atoms with E-state index < -0.39 is 0 Å². The van der Waals surface area contributed by atoms with Crippen LogP contribution in [0.1, 0.15) is 57.4 Å². The highest BCUT2D eigenvalue weighted by Gasteiger charge is 2.19. The van der Waals surface area contributed by atoms with E-state index in [-0.39, 0.29) is 0 Å². The summed E-state index contributed by atoms with van der Waals surface area (Å²) in [6, 6.07) is 9.07. The third kappa shape index (κ3) is 4.75. The number of rotatable bonds is 7. The molecule has 0 bridgehead atoms. The van der Waals surface area contributed by atoms with Crippen LogP contribution in [0.25, 0.3) is 10.9 Å². The van der Waals surface area contributed by atoms with E-state index in [9.17, 15) is 0 Å². The number of piperidine rings is 1. The lowest BCUT2D eigenvalue weighted by molar-refractivity contribution is 0.207. The Morgan fingerprint density at radius 3 is 2.56 bits per heavy atom. The Bertz CT molecular complexity index is 707. The van der Waals surface area contributed by atoms with E-state index in [0.29, 0.717) is 0 Å². The van der Waals surface area contributed by atoms with Gasteiger partial charge in [-0.05, 0) is 68.8 Å². The van der Waals surface area contributed by atoms with E-state index in [4.69, 9.17) is 0 Å². The number of hydrogen-bond acceptors (Lipinski definition) is 2. The summed E-state index contributed by atoms with van der Waals surface area (Å²) in [7, 11) is 0. The molecule has 1 aliphatic heterocycles. The van der Waals surface area contributed by atoms with Crippen LogP contribution < -0.4 is 5.32 Å². The van der Waals surface area contributed by atoms with Gasteiger partial charge in [-0.1, -0.05) is 44.4 Å². The first-order valence-corrected chi connectivity index (χ1v) is 11.3. The van der Waals surface area contributed by atoms with Gasteiger partial charge in [-0.15, -0.1) is 0 Å². The molecule has 2 aromatic rings. The van der Waals surface area contributed by atoms with Crippen molar-refractivity contribution in [3.05, 3.63) is 36.0 Å². The number of nitrogens with zero attached hydrogens (tertiary/aromatic N) is 2. The lowest BCUT2D eigenvalue weighted by Crippen LogP contribution is -2.35. The molecule has 0 spiro atoms. The molecule has 27 heavy (non-hydrogen) atoms. The number of benzene rings is 1. The molecule has 4 rings (SSSR count). The molecule has 3 heteroatoms. The van der Waals surface area contributed by atoms with Gasteiger partial charge in [0.2, 0.25) is 0 Å². The monoisotopic (exact) mass is 367 g/mol. The summed E-state index contributed by atoms with van der Waals surface area (Å²) in [6.07, 6.45) is 12.3. The highest BCUT2D eigenvalue weighted by Crippen LogP contribution is 2.29. The highest BCUT2D eigenvalue weighted by atomic mass is 15.1. The second-order valence-corrected chi connectivity index (χ2v) is 8.85. The average molecular weight is 368 g/mol. The van der Waals surface area contributed by atoms with Crippen LogP contribution in [0, 0.1) is 11.8 Å². The van der Waals surface area contributed by atoms with Crippen molar-refractivity contribution in [3.63, 3.8) is 0 Å².